The maximum atomic E-state index is 13.3. The number of anilines is 1. The Labute approximate surface area is 219 Å². The van der Waals surface area contributed by atoms with Crippen LogP contribution < -0.4 is 10.6 Å². The third-order valence-corrected chi connectivity index (χ3v) is 9.13. The molecule has 0 bridgehead atoms. The fourth-order valence-corrected chi connectivity index (χ4v) is 7.42. The number of amides is 2. The van der Waals surface area contributed by atoms with Gasteiger partial charge in [-0.05, 0) is 54.6 Å². The Bertz CT molecular complexity index is 1180. The second-order valence-electron chi connectivity index (χ2n) is 9.99. The summed E-state index contributed by atoms with van der Waals surface area (Å²) in [5.74, 6) is -0.209. The molecule has 36 heavy (non-hydrogen) atoms. The normalized spacial score (nSPS) is 14.4. The van der Waals surface area contributed by atoms with Crippen LogP contribution in [0.3, 0.4) is 0 Å². The molecule has 2 N–H and O–H groups in total. The summed E-state index contributed by atoms with van der Waals surface area (Å²) in [7, 11) is -2.09. The lowest BCUT2D eigenvalue weighted by Crippen LogP contribution is -2.37. The van der Waals surface area contributed by atoms with Crippen molar-refractivity contribution in [3.63, 3.8) is 0 Å². The molecule has 0 atom stereocenters. The molecule has 8 nitrogen and oxygen atoms in total. The Morgan fingerprint density at radius 1 is 1.06 bits per heavy atom. The minimum atomic E-state index is -3.68. The molecule has 0 aliphatic carbocycles. The molecule has 198 valence electrons. The Hall–Kier alpha value is -2.27. The fourth-order valence-electron chi connectivity index (χ4n) is 4.37. The van der Waals surface area contributed by atoms with Crippen LogP contribution in [-0.4, -0.2) is 62.7 Å². The molecular weight excluding hydrogens is 496 g/mol. The van der Waals surface area contributed by atoms with Gasteiger partial charge in [0.15, 0.2) is 0 Å². The van der Waals surface area contributed by atoms with Crippen LogP contribution in [0.5, 0.6) is 0 Å². The minimum Gasteiger partial charge on any atom is -0.355 e. The van der Waals surface area contributed by atoms with E-state index in [9.17, 15) is 18.0 Å². The van der Waals surface area contributed by atoms with Crippen LogP contribution in [0.1, 0.15) is 65.8 Å². The van der Waals surface area contributed by atoms with E-state index in [4.69, 9.17) is 0 Å². The molecule has 0 fully saturated rings. The average molecular weight is 535 g/mol. The third kappa shape index (κ3) is 6.34. The Morgan fingerprint density at radius 2 is 1.67 bits per heavy atom. The zero-order chi connectivity index (χ0) is 26.6. The summed E-state index contributed by atoms with van der Waals surface area (Å²) in [4.78, 5) is 29.3. The predicted molar refractivity (Wildman–Crippen MR) is 145 cm³/mol. The highest BCUT2D eigenvalue weighted by atomic mass is 32.2. The number of nitrogens with one attached hydrogen (secondary N) is 2. The van der Waals surface area contributed by atoms with Gasteiger partial charge in [0.25, 0.3) is 11.8 Å². The average Bonchev–Trinajstić information content (AvgIpc) is 3.19. The summed E-state index contributed by atoms with van der Waals surface area (Å²) in [6.07, 6.45) is 0.758. The molecule has 1 aliphatic rings. The second kappa shape index (κ2) is 11.9. The lowest BCUT2D eigenvalue weighted by atomic mass is 10.0. The van der Waals surface area contributed by atoms with Gasteiger partial charge in [0.05, 0.1) is 10.5 Å². The molecule has 2 aromatic rings. The first kappa shape index (κ1) is 28.3. The van der Waals surface area contributed by atoms with E-state index < -0.39 is 10.0 Å². The Kier molecular flexibility index (Phi) is 9.32. The zero-order valence-electron chi connectivity index (χ0n) is 22.1. The van der Waals surface area contributed by atoms with Crippen molar-refractivity contribution in [1.82, 2.24) is 14.5 Å². The van der Waals surface area contributed by atoms with Gasteiger partial charge in [-0.1, -0.05) is 34.6 Å². The van der Waals surface area contributed by atoms with Crippen molar-refractivity contribution in [3.8, 4) is 0 Å². The molecule has 0 saturated carbocycles. The monoisotopic (exact) mass is 534 g/mol. The number of thiophene rings is 1. The van der Waals surface area contributed by atoms with Gasteiger partial charge in [-0.25, -0.2) is 8.42 Å². The first-order chi connectivity index (χ1) is 17.0. The van der Waals surface area contributed by atoms with Crippen molar-refractivity contribution < 1.29 is 18.0 Å². The SMILES string of the molecule is CCN1CCc2c(sc(NC(=O)c3ccc(S(=O)(=O)N(CC(C)C)CC(C)C)cc3)c2C(=O)NC)C1. The van der Waals surface area contributed by atoms with Gasteiger partial charge < -0.3 is 10.6 Å². The molecular formula is C26H38N4O4S2. The molecule has 10 heteroatoms. The number of carbonyl (C=O) groups excluding carboxylic acids is 2. The van der Waals surface area contributed by atoms with Gasteiger partial charge in [-0.2, -0.15) is 4.31 Å². The van der Waals surface area contributed by atoms with E-state index in [1.807, 2.05) is 27.7 Å². The van der Waals surface area contributed by atoms with E-state index in [-0.39, 0.29) is 28.5 Å². The Balaban J connectivity index is 1.84. The van der Waals surface area contributed by atoms with Crippen molar-refractivity contribution in [3.05, 3.63) is 45.8 Å². The lowest BCUT2D eigenvalue weighted by Gasteiger charge is -2.25. The van der Waals surface area contributed by atoms with Gasteiger partial charge in [-0.15, -0.1) is 11.3 Å². The summed E-state index contributed by atoms with van der Waals surface area (Å²) >= 11 is 1.43. The van der Waals surface area contributed by atoms with E-state index in [1.54, 1.807) is 7.05 Å². The summed E-state index contributed by atoms with van der Waals surface area (Å²) in [5.41, 5.74) is 1.85. The van der Waals surface area contributed by atoms with E-state index in [2.05, 4.69) is 22.5 Å². The van der Waals surface area contributed by atoms with Crippen LogP contribution in [-0.2, 0) is 23.0 Å². The molecule has 1 aromatic heterocycles. The first-order valence-electron chi connectivity index (χ1n) is 12.5. The standard InChI is InChI=1S/C26H38N4O4S2/c1-7-29-13-12-21-22(16-29)35-26(23(21)25(32)27-6)28-24(31)19-8-10-20(11-9-19)36(33,34)30(14-17(2)3)15-18(4)5/h8-11,17-18H,7,12-16H2,1-6H3,(H,27,32)(H,28,31). The van der Waals surface area contributed by atoms with E-state index in [1.165, 1.54) is 39.9 Å². The van der Waals surface area contributed by atoms with Crippen LogP contribution in [0, 0.1) is 11.8 Å². The van der Waals surface area contributed by atoms with Gasteiger partial charge in [0.1, 0.15) is 5.00 Å². The summed E-state index contributed by atoms with van der Waals surface area (Å²) in [6.45, 7) is 13.5. The maximum Gasteiger partial charge on any atom is 0.256 e. The smallest absolute Gasteiger partial charge is 0.256 e. The molecule has 0 spiro atoms. The van der Waals surface area contributed by atoms with Crippen molar-refractivity contribution >= 4 is 38.2 Å². The van der Waals surface area contributed by atoms with Gasteiger partial charge in [-0.3, -0.25) is 14.5 Å². The number of nitrogens with zero attached hydrogens (tertiary/aromatic N) is 2. The number of carbonyl (C=O) groups is 2. The zero-order valence-corrected chi connectivity index (χ0v) is 23.7. The van der Waals surface area contributed by atoms with Crippen molar-refractivity contribution in [2.45, 2.75) is 52.5 Å². The molecule has 0 radical (unpaired) electrons. The predicted octanol–water partition coefficient (Wildman–Crippen LogP) is 4.04. The Morgan fingerprint density at radius 3 is 2.19 bits per heavy atom. The number of sulfonamides is 1. The summed E-state index contributed by atoms with van der Waals surface area (Å²) in [5, 5.41) is 6.12. The highest BCUT2D eigenvalue weighted by molar-refractivity contribution is 7.89. The van der Waals surface area contributed by atoms with Crippen molar-refractivity contribution in [1.29, 1.82) is 0 Å². The van der Waals surface area contributed by atoms with Crippen molar-refractivity contribution in [2.75, 3.05) is 38.5 Å². The highest BCUT2D eigenvalue weighted by Gasteiger charge is 2.29. The molecule has 0 unspecified atom stereocenters. The fraction of sp³-hybridized carbons (Fsp3) is 0.538. The number of fused-ring (bicyclic) bond motifs is 1. The molecule has 1 aromatic carbocycles. The number of benzene rings is 1. The van der Waals surface area contributed by atoms with Gasteiger partial charge >= 0.3 is 0 Å². The van der Waals surface area contributed by atoms with E-state index in [0.29, 0.717) is 29.2 Å². The first-order valence-corrected chi connectivity index (χ1v) is 14.7. The summed E-state index contributed by atoms with van der Waals surface area (Å²) in [6, 6.07) is 6.01. The van der Waals surface area contributed by atoms with Gasteiger partial charge in [0.2, 0.25) is 10.0 Å². The molecule has 1 aliphatic heterocycles. The van der Waals surface area contributed by atoms with Gasteiger partial charge in [0, 0.05) is 43.7 Å². The largest absolute Gasteiger partial charge is 0.355 e. The lowest BCUT2D eigenvalue weighted by molar-refractivity contribution is 0.0962. The molecule has 0 saturated heterocycles. The van der Waals surface area contributed by atoms with E-state index in [0.717, 1.165) is 36.5 Å². The van der Waals surface area contributed by atoms with Crippen LogP contribution >= 0.6 is 11.3 Å². The van der Waals surface area contributed by atoms with E-state index >= 15 is 0 Å². The molecule has 2 heterocycles. The number of hydrogen-bond acceptors (Lipinski definition) is 6. The second-order valence-corrected chi connectivity index (χ2v) is 13.0. The van der Waals surface area contributed by atoms with Crippen LogP contribution in [0.2, 0.25) is 0 Å². The van der Waals surface area contributed by atoms with Crippen LogP contribution in [0.25, 0.3) is 0 Å². The quantitative estimate of drug-likeness (QED) is 0.479. The minimum absolute atomic E-state index is 0.164. The van der Waals surface area contributed by atoms with Crippen LogP contribution in [0.4, 0.5) is 5.00 Å². The summed E-state index contributed by atoms with van der Waals surface area (Å²) < 4.78 is 28.1. The maximum absolute atomic E-state index is 13.3. The number of rotatable bonds is 10. The number of hydrogen-bond donors (Lipinski definition) is 2. The highest BCUT2D eigenvalue weighted by Crippen LogP contribution is 2.37. The molecule has 3 rings (SSSR count). The number of likely N-dealkylation sites (N-methyl/N-ethyl adjacent to an activating group) is 1. The third-order valence-electron chi connectivity index (χ3n) is 6.16. The topological polar surface area (TPSA) is 98.8 Å². The van der Waals surface area contributed by atoms with Crippen LogP contribution in [0.15, 0.2) is 29.2 Å². The molecule has 2 amide bonds. The van der Waals surface area contributed by atoms with Crippen molar-refractivity contribution in [2.24, 2.45) is 11.8 Å².